The lowest BCUT2D eigenvalue weighted by Gasteiger charge is -1.97. The van der Waals surface area contributed by atoms with Gasteiger partial charge in [0.1, 0.15) is 0 Å². The topological polar surface area (TPSA) is 38.9 Å². The van der Waals surface area contributed by atoms with E-state index in [1.54, 1.807) is 23.1 Å². The lowest BCUT2D eigenvalue weighted by atomic mass is 10.4. The number of hydrogen-bond acceptors (Lipinski definition) is 5. The first-order valence-electron chi connectivity index (χ1n) is 5.56. The van der Waals surface area contributed by atoms with Crippen LogP contribution in [0.4, 0.5) is 0 Å². The number of hydrogen-bond donors (Lipinski definition) is 0. The van der Waals surface area contributed by atoms with Crippen molar-refractivity contribution >= 4 is 39.0 Å². The van der Waals surface area contributed by atoms with Gasteiger partial charge in [0.25, 0.3) is 0 Å². The van der Waals surface area contributed by atoms with Crippen LogP contribution in [-0.2, 0) is 5.75 Å². The third-order valence-electron chi connectivity index (χ3n) is 2.39. The largest absolute Gasteiger partial charge is 0.338 e. The highest BCUT2D eigenvalue weighted by Crippen LogP contribution is 2.26. The molecule has 19 heavy (non-hydrogen) atoms. The average molecular weight is 353 g/mol. The monoisotopic (exact) mass is 352 g/mol. The van der Waals surface area contributed by atoms with Crippen molar-refractivity contribution in [3.63, 3.8) is 0 Å². The summed E-state index contributed by atoms with van der Waals surface area (Å²) < 4.78 is 6.33. The fourth-order valence-electron chi connectivity index (χ4n) is 1.50. The second-order valence-electron chi connectivity index (χ2n) is 3.73. The molecule has 0 saturated heterocycles. The third-order valence-corrected chi connectivity index (χ3v) is 4.78. The number of thioether (sulfide) groups is 1. The highest BCUT2D eigenvalue weighted by molar-refractivity contribution is 9.10. The predicted octanol–water partition coefficient (Wildman–Crippen LogP) is 4.85. The quantitative estimate of drug-likeness (QED) is 0.629. The zero-order chi connectivity index (χ0) is 13.1. The summed E-state index contributed by atoms with van der Waals surface area (Å²) in [6, 6.07) is 12.1. The summed E-state index contributed by atoms with van der Waals surface area (Å²) in [5, 5.41) is 5.99. The molecule has 0 aliphatic rings. The van der Waals surface area contributed by atoms with Gasteiger partial charge >= 0.3 is 0 Å². The molecular formula is C13H9BrN2OS2. The molecule has 3 aromatic rings. The van der Waals surface area contributed by atoms with Gasteiger partial charge in [0.05, 0.1) is 10.6 Å². The lowest BCUT2D eigenvalue weighted by Crippen LogP contribution is -1.81. The highest BCUT2D eigenvalue weighted by atomic mass is 79.9. The second kappa shape index (κ2) is 5.90. The van der Waals surface area contributed by atoms with Crippen molar-refractivity contribution in [3.05, 3.63) is 52.1 Å². The number of nitrogens with zero attached hydrogens (tertiary/aromatic N) is 2. The molecule has 0 bridgehead atoms. The maximum Gasteiger partial charge on any atom is 0.237 e. The summed E-state index contributed by atoms with van der Waals surface area (Å²) >= 11 is 6.71. The first-order chi connectivity index (χ1) is 9.31. The molecule has 1 aromatic carbocycles. The summed E-state index contributed by atoms with van der Waals surface area (Å²) in [6.45, 7) is 0. The van der Waals surface area contributed by atoms with Crippen LogP contribution in [0.2, 0.25) is 0 Å². The minimum Gasteiger partial charge on any atom is -0.338 e. The van der Waals surface area contributed by atoms with Crippen molar-refractivity contribution in [3.8, 4) is 10.7 Å². The average Bonchev–Trinajstić information content (AvgIpc) is 3.09. The fourth-order valence-corrected chi connectivity index (χ4v) is 3.14. The van der Waals surface area contributed by atoms with Crippen molar-refractivity contribution < 1.29 is 4.52 Å². The van der Waals surface area contributed by atoms with Crippen molar-refractivity contribution in [1.82, 2.24) is 10.1 Å². The summed E-state index contributed by atoms with van der Waals surface area (Å²) in [6.07, 6.45) is 0. The summed E-state index contributed by atoms with van der Waals surface area (Å²) in [5.74, 6) is 2.00. The molecule has 2 heterocycles. The number of halogens is 1. The van der Waals surface area contributed by atoms with Crippen molar-refractivity contribution in [1.29, 1.82) is 0 Å². The molecule has 3 rings (SSSR count). The smallest absolute Gasteiger partial charge is 0.237 e. The van der Waals surface area contributed by atoms with E-state index in [2.05, 4.69) is 38.2 Å². The van der Waals surface area contributed by atoms with Crippen LogP contribution >= 0.6 is 39.0 Å². The van der Waals surface area contributed by atoms with Gasteiger partial charge in [-0.2, -0.15) is 4.98 Å². The van der Waals surface area contributed by atoms with Gasteiger partial charge in [-0.25, -0.2) is 0 Å². The standard InChI is InChI=1S/C13H9BrN2OS2/c14-9-3-5-10(6-4-9)19-8-12-15-13(16-17-12)11-2-1-7-18-11/h1-7H,8H2. The minimum absolute atomic E-state index is 0.649. The zero-order valence-corrected chi connectivity index (χ0v) is 13.0. The first-order valence-corrected chi connectivity index (χ1v) is 8.22. The zero-order valence-electron chi connectivity index (χ0n) is 9.75. The van der Waals surface area contributed by atoms with Gasteiger partial charge in [-0.3, -0.25) is 0 Å². The first kappa shape index (κ1) is 12.9. The second-order valence-corrected chi connectivity index (χ2v) is 6.64. The van der Waals surface area contributed by atoms with Crippen molar-refractivity contribution in [2.24, 2.45) is 0 Å². The Labute approximate surface area is 127 Å². The van der Waals surface area contributed by atoms with Gasteiger partial charge in [0.2, 0.25) is 11.7 Å². The molecule has 0 aliphatic carbocycles. The molecule has 0 atom stereocenters. The van der Waals surface area contributed by atoms with E-state index in [4.69, 9.17) is 4.52 Å². The Morgan fingerprint density at radius 1 is 1.21 bits per heavy atom. The molecule has 2 aromatic heterocycles. The van der Waals surface area contributed by atoms with Crippen LogP contribution in [0, 0.1) is 0 Å². The Morgan fingerprint density at radius 2 is 2.05 bits per heavy atom. The van der Waals surface area contributed by atoms with E-state index in [0.29, 0.717) is 17.5 Å². The van der Waals surface area contributed by atoms with Gasteiger partial charge in [-0.15, -0.1) is 23.1 Å². The van der Waals surface area contributed by atoms with Gasteiger partial charge in [0.15, 0.2) is 0 Å². The molecule has 96 valence electrons. The summed E-state index contributed by atoms with van der Waals surface area (Å²) in [5.41, 5.74) is 0. The molecule has 3 nitrogen and oxygen atoms in total. The van der Waals surface area contributed by atoms with Crippen LogP contribution in [-0.4, -0.2) is 10.1 Å². The van der Waals surface area contributed by atoms with E-state index in [9.17, 15) is 0 Å². The normalized spacial score (nSPS) is 10.8. The SMILES string of the molecule is Brc1ccc(SCc2nc(-c3cccs3)no2)cc1. The molecular weight excluding hydrogens is 344 g/mol. The maximum atomic E-state index is 5.25. The highest BCUT2D eigenvalue weighted by Gasteiger charge is 2.09. The Hall–Kier alpha value is -1.11. The Kier molecular flexibility index (Phi) is 4.00. The van der Waals surface area contributed by atoms with Gasteiger partial charge < -0.3 is 4.52 Å². The Balaban J connectivity index is 1.66. The number of aromatic nitrogens is 2. The molecule has 0 N–H and O–H groups in total. The van der Waals surface area contributed by atoms with E-state index in [-0.39, 0.29) is 0 Å². The van der Waals surface area contributed by atoms with E-state index < -0.39 is 0 Å². The number of thiophene rings is 1. The number of rotatable bonds is 4. The van der Waals surface area contributed by atoms with Gasteiger partial charge in [-0.05, 0) is 35.7 Å². The van der Waals surface area contributed by atoms with Gasteiger partial charge in [-0.1, -0.05) is 27.2 Å². The Bertz CT molecular complexity index is 650. The van der Waals surface area contributed by atoms with Crippen LogP contribution in [0.1, 0.15) is 5.89 Å². The van der Waals surface area contributed by atoms with E-state index >= 15 is 0 Å². The van der Waals surface area contributed by atoms with Crippen LogP contribution in [0.25, 0.3) is 10.7 Å². The molecule has 0 unspecified atom stereocenters. The lowest BCUT2D eigenvalue weighted by molar-refractivity contribution is 0.392. The third kappa shape index (κ3) is 3.26. The molecule has 0 spiro atoms. The Morgan fingerprint density at radius 3 is 2.79 bits per heavy atom. The van der Waals surface area contributed by atoms with E-state index in [1.165, 1.54) is 4.90 Å². The molecule has 0 saturated carbocycles. The van der Waals surface area contributed by atoms with Gasteiger partial charge in [0, 0.05) is 9.37 Å². The van der Waals surface area contributed by atoms with Crippen LogP contribution in [0.15, 0.2) is 55.7 Å². The number of benzene rings is 1. The molecule has 0 fully saturated rings. The van der Waals surface area contributed by atoms with E-state index in [1.807, 2.05) is 29.6 Å². The van der Waals surface area contributed by atoms with Crippen LogP contribution < -0.4 is 0 Å². The molecule has 0 aliphatic heterocycles. The van der Waals surface area contributed by atoms with Crippen molar-refractivity contribution in [2.45, 2.75) is 10.6 Å². The molecule has 0 radical (unpaired) electrons. The fraction of sp³-hybridized carbons (Fsp3) is 0.0769. The molecule has 0 amide bonds. The minimum atomic E-state index is 0.649. The van der Waals surface area contributed by atoms with E-state index in [0.717, 1.165) is 9.35 Å². The van der Waals surface area contributed by atoms with Crippen LogP contribution in [0.3, 0.4) is 0 Å². The summed E-state index contributed by atoms with van der Waals surface area (Å²) in [4.78, 5) is 6.60. The maximum absolute atomic E-state index is 5.25. The van der Waals surface area contributed by atoms with Crippen molar-refractivity contribution in [2.75, 3.05) is 0 Å². The molecule has 6 heteroatoms. The summed E-state index contributed by atoms with van der Waals surface area (Å²) in [7, 11) is 0. The van der Waals surface area contributed by atoms with Crippen LogP contribution in [0.5, 0.6) is 0 Å². The predicted molar refractivity (Wildman–Crippen MR) is 81.3 cm³/mol.